The maximum atomic E-state index is 14.3. The summed E-state index contributed by atoms with van der Waals surface area (Å²) in [6.07, 6.45) is -1.56. The molecule has 0 saturated heterocycles. The van der Waals surface area contributed by atoms with E-state index in [0.29, 0.717) is 51.2 Å². The van der Waals surface area contributed by atoms with Gasteiger partial charge in [-0.1, -0.05) is 23.2 Å². The first kappa shape index (κ1) is 54.9. The number of anilines is 1. The number of hydrogen-bond acceptors (Lipinski definition) is 18. The van der Waals surface area contributed by atoms with Crippen molar-refractivity contribution in [3.8, 4) is 17.5 Å². The maximum Gasteiger partial charge on any atom is 0.433 e. The molecule has 0 saturated carbocycles. The number of nitrogens with zero attached hydrogens (tertiary/aromatic N) is 7. The first-order valence-electron chi connectivity index (χ1n) is 19.6. The summed E-state index contributed by atoms with van der Waals surface area (Å²) in [6.45, 7) is 0.929. The molecule has 2 aromatic carbocycles. The van der Waals surface area contributed by atoms with Gasteiger partial charge in [0, 0.05) is 29.6 Å². The minimum absolute atomic E-state index is 0.0605. The topological polar surface area (TPSA) is 295 Å². The van der Waals surface area contributed by atoms with Crippen LogP contribution in [-0.2, 0) is 43.6 Å². The number of carboxylic acids is 2. The number of aliphatic carboxylic acids is 1. The fourth-order valence-corrected chi connectivity index (χ4v) is 8.99. The number of fused-ring (bicyclic) bond motifs is 2. The molecule has 0 spiro atoms. The van der Waals surface area contributed by atoms with Gasteiger partial charge < -0.3 is 29.2 Å². The largest absolute Gasteiger partial charge is 0.481 e. The van der Waals surface area contributed by atoms with E-state index in [1.165, 1.54) is 38.2 Å². The highest BCUT2D eigenvalue weighted by Gasteiger charge is 2.36. The molecule has 2 amide bonds. The van der Waals surface area contributed by atoms with Crippen molar-refractivity contribution < 1.29 is 74.3 Å². The van der Waals surface area contributed by atoms with Gasteiger partial charge in [-0.05, 0) is 72.7 Å². The highest BCUT2D eigenvalue weighted by molar-refractivity contribution is 8.00. The third kappa shape index (κ3) is 14.7. The Morgan fingerprint density at radius 3 is 2.23 bits per heavy atom. The zero-order chi connectivity index (χ0) is 52.2. The van der Waals surface area contributed by atoms with Crippen LogP contribution in [0.2, 0.25) is 10.0 Å². The van der Waals surface area contributed by atoms with Crippen molar-refractivity contribution in [1.29, 1.82) is 0 Å². The monoisotopic (exact) mass is 1090 g/mol. The number of halogens is 6. The molecular weight excluding hydrogens is 1060 g/mol. The molecule has 378 valence electrons. The standard InChI is InChI=1S/C15H15ClFN3O3S2.C14H12F3N5O7S.C11H8ClNO3/c1-23-13(21)8-24-12-7-11(10(17)6-9(12)16)18-14-19-4-2-3-5-20(19)15(22)25-14;1-28-8-5-9(29-2)20-12(19-8)21-13(25)22-30(26,27)10-6(11(23)24)3-4-7(18-10)14(15,16)17;12-8-3-4-9(16-6-10(14)15)11-7(8)2-1-5-13-11/h6-7H,2-5,8H2,1H3;3-5H,1-2H3,(H,23,24)(H2,19,20,21,22,25);1-5H,6H2,(H,14,15). The maximum absolute atomic E-state index is 14.3. The third-order valence-electron chi connectivity index (χ3n) is 8.90. The molecule has 0 radical (unpaired) electrons. The number of nitrogens with one attached hydrogen (secondary N) is 2. The minimum Gasteiger partial charge on any atom is -0.481 e. The number of ether oxygens (including phenoxy) is 4. The molecule has 1 aliphatic rings. The number of aromatic nitrogens is 6. The van der Waals surface area contributed by atoms with Gasteiger partial charge in [0.15, 0.2) is 11.6 Å². The number of carboxylic acid groups (broad SMARTS) is 2. The molecule has 0 fully saturated rings. The van der Waals surface area contributed by atoms with Crippen LogP contribution in [0.1, 0.15) is 28.9 Å². The SMILES string of the molecule is COC(=O)CSc1cc(N=c2sc(=O)n3n2CCCC3)c(F)cc1Cl.COc1cc(OC)nc(NC(=O)NS(=O)(=O)c2nc(C(F)(F)F)ccc2C(=O)O)n1.O=C(O)COc1ccc(Cl)c2cccnc12. The Bertz CT molecular complexity index is 3210. The van der Waals surface area contributed by atoms with Crippen LogP contribution >= 0.6 is 46.3 Å². The minimum atomic E-state index is -5.14. The fourth-order valence-electron chi connectivity index (χ4n) is 5.73. The number of hydrogen-bond donors (Lipinski definition) is 4. The predicted molar refractivity (Wildman–Crippen MR) is 246 cm³/mol. The van der Waals surface area contributed by atoms with Crippen LogP contribution < -0.4 is 33.9 Å². The van der Waals surface area contributed by atoms with Crippen molar-refractivity contribution in [1.82, 2.24) is 34.0 Å². The van der Waals surface area contributed by atoms with Crippen molar-refractivity contribution in [2.24, 2.45) is 4.99 Å². The van der Waals surface area contributed by atoms with Crippen LogP contribution in [0.4, 0.5) is 34.0 Å². The van der Waals surface area contributed by atoms with Crippen LogP contribution in [0, 0.1) is 5.82 Å². The Labute approximate surface area is 415 Å². The average Bonchev–Trinajstić information content (AvgIpc) is 3.65. The number of urea groups is 1. The lowest BCUT2D eigenvalue weighted by molar-refractivity contribution is -0.141. The Kier molecular flexibility index (Phi) is 18.7. The summed E-state index contributed by atoms with van der Waals surface area (Å²) >= 11 is 14.2. The second kappa shape index (κ2) is 24.2. The average molecular weight is 1090 g/mol. The van der Waals surface area contributed by atoms with Gasteiger partial charge in [0.2, 0.25) is 22.5 Å². The van der Waals surface area contributed by atoms with E-state index in [2.05, 4.69) is 29.7 Å². The smallest absolute Gasteiger partial charge is 0.433 e. The first-order valence-corrected chi connectivity index (χ1v) is 23.6. The zero-order valence-electron chi connectivity index (χ0n) is 36.5. The number of thioether (sulfide) groups is 1. The van der Waals surface area contributed by atoms with Crippen molar-refractivity contribution in [3.05, 3.63) is 102 Å². The number of rotatable bonds is 13. The lowest BCUT2D eigenvalue weighted by Crippen LogP contribution is -2.36. The van der Waals surface area contributed by atoms with Gasteiger partial charge in [0.25, 0.3) is 10.0 Å². The second-order valence-corrected chi connectivity index (χ2v) is 18.0. The molecule has 0 bridgehead atoms. The first-order chi connectivity index (χ1) is 33.5. The number of esters is 1. The van der Waals surface area contributed by atoms with E-state index >= 15 is 0 Å². The number of alkyl halides is 3. The van der Waals surface area contributed by atoms with Gasteiger partial charge >= 0.3 is 35.0 Å². The van der Waals surface area contributed by atoms with Crippen LogP contribution in [0.5, 0.6) is 17.5 Å². The Balaban J connectivity index is 0.000000207. The molecule has 71 heavy (non-hydrogen) atoms. The number of benzene rings is 2. The van der Waals surface area contributed by atoms with Gasteiger partial charge in [-0.25, -0.2) is 38.2 Å². The van der Waals surface area contributed by atoms with E-state index in [1.807, 2.05) is 5.32 Å². The molecule has 0 atom stereocenters. The molecule has 7 rings (SSSR count). The van der Waals surface area contributed by atoms with Crippen LogP contribution in [0.25, 0.3) is 10.9 Å². The zero-order valence-corrected chi connectivity index (χ0v) is 40.5. The van der Waals surface area contributed by atoms with Gasteiger partial charge in [-0.2, -0.15) is 31.6 Å². The highest BCUT2D eigenvalue weighted by atomic mass is 35.5. The Morgan fingerprint density at radius 2 is 1.61 bits per heavy atom. The number of aromatic carboxylic acids is 1. The lowest BCUT2D eigenvalue weighted by atomic mass is 10.2. The molecule has 0 aliphatic carbocycles. The number of pyridine rings is 2. The van der Waals surface area contributed by atoms with Crippen LogP contribution in [0.15, 0.2) is 80.5 Å². The molecular formula is C40H35Cl2F4N9O13S3. The molecule has 5 heterocycles. The van der Waals surface area contributed by atoms with E-state index in [9.17, 15) is 50.0 Å². The normalized spacial score (nSPS) is 12.3. The second-order valence-electron chi connectivity index (χ2n) is 13.6. The molecule has 4 N–H and O–H groups in total. The molecule has 0 unspecified atom stereocenters. The molecule has 1 aliphatic heterocycles. The number of sulfonamides is 1. The summed E-state index contributed by atoms with van der Waals surface area (Å²) in [4.78, 5) is 76.4. The van der Waals surface area contributed by atoms with E-state index in [-0.39, 0.29) is 33.1 Å². The summed E-state index contributed by atoms with van der Waals surface area (Å²) in [5.41, 5.74) is -2.10. The van der Waals surface area contributed by atoms with Gasteiger partial charge in [0.05, 0.1) is 48.8 Å². The van der Waals surface area contributed by atoms with Gasteiger partial charge in [-0.3, -0.25) is 24.6 Å². The van der Waals surface area contributed by atoms with Gasteiger partial charge in [0.1, 0.15) is 28.5 Å². The van der Waals surface area contributed by atoms with E-state index in [1.54, 1.807) is 39.8 Å². The molecule has 6 aromatic rings. The summed E-state index contributed by atoms with van der Waals surface area (Å²) in [6, 6.07) is 9.90. The quantitative estimate of drug-likeness (QED) is 0.0563. The summed E-state index contributed by atoms with van der Waals surface area (Å²) in [7, 11) is -1.37. The number of carbonyl (C=O) groups is 4. The van der Waals surface area contributed by atoms with Crippen LogP contribution in [-0.4, -0.2) is 106 Å². The van der Waals surface area contributed by atoms with Crippen molar-refractivity contribution in [3.63, 3.8) is 0 Å². The van der Waals surface area contributed by atoms with Crippen molar-refractivity contribution >= 4 is 103 Å². The number of methoxy groups -OCH3 is 3. The predicted octanol–water partition coefficient (Wildman–Crippen LogP) is 6.26. The fraction of sp³-hybridized carbons (Fsp3) is 0.250. The van der Waals surface area contributed by atoms with E-state index in [4.69, 9.17) is 47.6 Å². The Morgan fingerprint density at radius 1 is 0.930 bits per heavy atom. The van der Waals surface area contributed by atoms with E-state index in [0.717, 1.165) is 47.4 Å². The van der Waals surface area contributed by atoms with Crippen LogP contribution in [0.3, 0.4) is 0 Å². The Hall–Kier alpha value is -7.08. The van der Waals surface area contributed by atoms with Gasteiger partial charge in [-0.15, -0.1) is 11.8 Å². The lowest BCUT2D eigenvalue weighted by Gasteiger charge is -2.15. The number of amides is 2. The van der Waals surface area contributed by atoms with E-state index < -0.39 is 74.8 Å². The molecule has 4 aromatic heterocycles. The summed E-state index contributed by atoms with van der Waals surface area (Å²) in [5.74, 6) is -4.01. The van der Waals surface area contributed by atoms with Crippen molar-refractivity contribution in [2.45, 2.75) is 42.0 Å². The third-order valence-corrected chi connectivity index (χ3v) is 12.8. The summed E-state index contributed by atoms with van der Waals surface area (Å²) in [5, 5.41) is 19.5. The molecule has 31 heteroatoms. The number of carbonyl (C=O) groups excluding carboxylic acids is 2. The highest BCUT2D eigenvalue weighted by Crippen LogP contribution is 2.34. The summed E-state index contributed by atoms with van der Waals surface area (Å²) < 4.78 is 102. The van der Waals surface area contributed by atoms with Crippen molar-refractivity contribution in [2.75, 3.05) is 39.0 Å². The molecule has 22 nitrogen and oxygen atoms in total.